The molecule has 5 nitrogen and oxygen atoms in total. The highest BCUT2D eigenvalue weighted by Crippen LogP contribution is 2.24. The Morgan fingerprint density at radius 3 is 2.57 bits per heavy atom. The number of benzene rings is 2. The number of rotatable bonds is 5. The highest BCUT2D eigenvalue weighted by Gasteiger charge is 2.17. The molecule has 0 unspecified atom stereocenters. The van der Waals surface area contributed by atoms with Gasteiger partial charge in [-0.15, -0.1) is 0 Å². The fraction of sp³-hybridized carbons (Fsp3) is 0.0870. The van der Waals surface area contributed by atoms with Crippen LogP contribution in [-0.4, -0.2) is 21.2 Å². The van der Waals surface area contributed by atoms with E-state index < -0.39 is 0 Å². The SMILES string of the molecule is Cn1cc(C(=O)c2ccccc2)c2cc(C(=O)NCc3cccnc3)ccc21. The molecule has 2 aromatic heterocycles. The Morgan fingerprint density at radius 2 is 1.82 bits per heavy atom. The minimum Gasteiger partial charge on any atom is -0.350 e. The van der Waals surface area contributed by atoms with Crippen LogP contribution in [0.25, 0.3) is 10.9 Å². The molecule has 0 aliphatic rings. The Bertz CT molecular complexity index is 1150. The zero-order valence-electron chi connectivity index (χ0n) is 15.4. The van der Waals surface area contributed by atoms with Crippen molar-refractivity contribution in [2.75, 3.05) is 0 Å². The Hall–Kier alpha value is -3.73. The normalized spacial score (nSPS) is 10.8. The molecule has 0 aliphatic heterocycles. The summed E-state index contributed by atoms with van der Waals surface area (Å²) in [6, 6.07) is 18.3. The minimum absolute atomic E-state index is 0.0564. The molecule has 0 spiro atoms. The molecule has 0 bridgehead atoms. The van der Waals surface area contributed by atoms with E-state index in [4.69, 9.17) is 0 Å². The smallest absolute Gasteiger partial charge is 0.251 e. The summed E-state index contributed by atoms with van der Waals surface area (Å²) in [7, 11) is 1.90. The average Bonchev–Trinajstić information content (AvgIpc) is 3.08. The molecule has 2 heterocycles. The maximum Gasteiger partial charge on any atom is 0.251 e. The van der Waals surface area contributed by atoms with Crippen LogP contribution in [-0.2, 0) is 13.6 Å². The summed E-state index contributed by atoms with van der Waals surface area (Å²) in [4.78, 5) is 29.6. The molecule has 2 aromatic carbocycles. The van der Waals surface area contributed by atoms with Gasteiger partial charge in [-0.3, -0.25) is 14.6 Å². The number of ketones is 1. The highest BCUT2D eigenvalue weighted by molar-refractivity contribution is 6.17. The number of amides is 1. The molecule has 28 heavy (non-hydrogen) atoms. The number of carbonyl (C=O) groups excluding carboxylic acids is 2. The molecule has 138 valence electrons. The van der Waals surface area contributed by atoms with Crippen molar-refractivity contribution in [1.29, 1.82) is 0 Å². The number of fused-ring (bicyclic) bond motifs is 1. The fourth-order valence-electron chi connectivity index (χ4n) is 3.25. The predicted molar refractivity (Wildman–Crippen MR) is 108 cm³/mol. The number of aryl methyl sites for hydroxylation is 1. The molecule has 1 amide bonds. The Kier molecular flexibility index (Phi) is 4.72. The van der Waals surface area contributed by atoms with Gasteiger partial charge in [0.15, 0.2) is 5.78 Å². The van der Waals surface area contributed by atoms with Crippen molar-refractivity contribution in [3.8, 4) is 0 Å². The van der Waals surface area contributed by atoms with E-state index in [2.05, 4.69) is 10.3 Å². The molecule has 5 heteroatoms. The van der Waals surface area contributed by atoms with Crippen LogP contribution in [0.5, 0.6) is 0 Å². The molecule has 0 saturated heterocycles. The lowest BCUT2D eigenvalue weighted by atomic mass is 10.0. The van der Waals surface area contributed by atoms with Gasteiger partial charge < -0.3 is 9.88 Å². The lowest BCUT2D eigenvalue weighted by Crippen LogP contribution is -2.22. The zero-order chi connectivity index (χ0) is 19.5. The summed E-state index contributed by atoms with van der Waals surface area (Å²) in [5.41, 5.74) is 3.57. The first-order valence-corrected chi connectivity index (χ1v) is 8.99. The number of aromatic nitrogens is 2. The van der Waals surface area contributed by atoms with Gasteiger partial charge in [-0.05, 0) is 29.8 Å². The summed E-state index contributed by atoms with van der Waals surface area (Å²) in [5, 5.41) is 3.67. The molecule has 0 radical (unpaired) electrons. The first kappa shape index (κ1) is 17.7. The largest absolute Gasteiger partial charge is 0.350 e. The summed E-state index contributed by atoms with van der Waals surface area (Å²) >= 11 is 0. The number of carbonyl (C=O) groups is 2. The molecule has 0 atom stereocenters. The van der Waals surface area contributed by atoms with Crippen LogP contribution in [0.1, 0.15) is 31.8 Å². The van der Waals surface area contributed by atoms with Gasteiger partial charge in [-0.1, -0.05) is 36.4 Å². The highest BCUT2D eigenvalue weighted by atomic mass is 16.1. The van der Waals surface area contributed by atoms with Crippen LogP contribution in [0.3, 0.4) is 0 Å². The molecular formula is C23H19N3O2. The van der Waals surface area contributed by atoms with E-state index in [0.717, 1.165) is 16.5 Å². The summed E-state index contributed by atoms with van der Waals surface area (Å²) in [6.07, 6.45) is 5.23. The topological polar surface area (TPSA) is 64.0 Å². The van der Waals surface area contributed by atoms with Gasteiger partial charge in [0.2, 0.25) is 0 Å². The average molecular weight is 369 g/mol. The van der Waals surface area contributed by atoms with Crippen LogP contribution in [0.4, 0.5) is 0 Å². The number of hydrogen-bond donors (Lipinski definition) is 1. The van der Waals surface area contributed by atoms with E-state index in [1.165, 1.54) is 0 Å². The van der Waals surface area contributed by atoms with Crippen molar-refractivity contribution in [3.05, 3.63) is 102 Å². The lowest BCUT2D eigenvalue weighted by molar-refractivity contribution is 0.0950. The standard InChI is InChI=1S/C23H19N3O2/c1-26-15-20(22(27)17-7-3-2-4-8-17)19-12-18(9-10-21(19)26)23(28)25-14-16-6-5-11-24-13-16/h2-13,15H,14H2,1H3,(H,25,28). The lowest BCUT2D eigenvalue weighted by Gasteiger charge is -2.06. The predicted octanol–water partition coefficient (Wildman–Crippen LogP) is 3.73. The van der Waals surface area contributed by atoms with Crippen molar-refractivity contribution < 1.29 is 9.59 Å². The quantitative estimate of drug-likeness (QED) is 0.545. The van der Waals surface area contributed by atoms with E-state index in [0.29, 0.717) is 23.2 Å². The van der Waals surface area contributed by atoms with Crippen molar-refractivity contribution in [1.82, 2.24) is 14.9 Å². The maximum atomic E-state index is 12.9. The Labute approximate surface area is 162 Å². The molecule has 0 aliphatic carbocycles. The monoisotopic (exact) mass is 369 g/mol. The summed E-state index contributed by atoms with van der Waals surface area (Å²) in [5.74, 6) is -0.244. The van der Waals surface area contributed by atoms with Crippen molar-refractivity contribution >= 4 is 22.6 Å². The van der Waals surface area contributed by atoms with Gasteiger partial charge >= 0.3 is 0 Å². The first-order chi connectivity index (χ1) is 13.6. The van der Waals surface area contributed by atoms with E-state index in [1.54, 1.807) is 36.7 Å². The number of nitrogens with one attached hydrogen (secondary N) is 1. The second-order valence-corrected chi connectivity index (χ2v) is 6.62. The van der Waals surface area contributed by atoms with Gasteiger partial charge in [0.25, 0.3) is 5.91 Å². The molecule has 4 aromatic rings. The third kappa shape index (κ3) is 3.42. The van der Waals surface area contributed by atoms with Gasteiger partial charge in [-0.25, -0.2) is 0 Å². The van der Waals surface area contributed by atoms with E-state index >= 15 is 0 Å². The van der Waals surface area contributed by atoms with E-state index in [-0.39, 0.29) is 11.7 Å². The van der Waals surface area contributed by atoms with Crippen molar-refractivity contribution in [2.24, 2.45) is 7.05 Å². The minimum atomic E-state index is -0.187. The van der Waals surface area contributed by atoms with Crippen LogP contribution >= 0.6 is 0 Å². The van der Waals surface area contributed by atoms with Gasteiger partial charge in [0, 0.05) is 59.8 Å². The van der Waals surface area contributed by atoms with Crippen LogP contribution in [0.15, 0.2) is 79.3 Å². The van der Waals surface area contributed by atoms with Gasteiger partial charge in [0.1, 0.15) is 0 Å². The molecule has 0 saturated carbocycles. The fourth-order valence-corrected chi connectivity index (χ4v) is 3.25. The van der Waals surface area contributed by atoms with Gasteiger partial charge in [-0.2, -0.15) is 0 Å². The number of pyridine rings is 1. The Morgan fingerprint density at radius 1 is 1.00 bits per heavy atom. The van der Waals surface area contributed by atoms with Crippen LogP contribution in [0.2, 0.25) is 0 Å². The Balaban J connectivity index is 1.64. The zero-order valence-corrected chi connectivity index (χ0v) is 15.4. The van der Waals surface area contributed by atoms with Gasteiger partial charge in [0.05, 0.1) is 0 Å². The van der Waals surface area contributed by atoms with Crippen LogP contribution < -0.4 is 5.32 Å². The van der Waals surface area contributed by atoms with Crippen LogP contribution in [0, 0.1) is 0 Å². The van der Waals surface area contributed by atoms with Crippen molar-refractivity contribution in [2.45, 2.75) is 6.54 Å². The number of hydrogen-bond acceptors (Lipinski definition) is 3. The molecule has 0 fully saturated rings. The molecular weight excluding hydrogens is 350 g/mol. The number of nitrogens with zero attached hydrogens (tertiary/aromatic N) is 2. The van der Waals surface area contributed by atoms with E-state index in [9.17, 15) is 9.59 Å². The molecule has 1 N–H and O–H groups in total. The summed E-state index contributed by atoms with van der Waals surface area (Å²) in [6.45, 7) is 0.398. The summed E-state index contributed by atoms with van der Waals surface area (Å²) < 4.78 is 1.91. The molecule has 4 rings (SSSR count). The first-order valence-electron chi connectivity index (χ1n) is 8.99. The second-order valence-electron chi connectivity index (χ2n) is 6.62. The maximum absolute atomic E-state index is 12.9. The van der Waals surface area contributed by atoms with E-state index in [1.807, 2.05) is 54.2 Å². The third-order valence-electron chi connectivity index (χ3n) is 4.71. The second kappa shape index (κ2) is 7.48. The van der Waals surface area contributed by atoms with Crippen molar-refractivity contribution in [3.63, 3.8) is 0 Å². The third-order valence-corrected chi connectivity index (χ3v) is 4.71.